The maximum absolute atomic E-state index is 13.9. The number of carbonyl (C=O) groups excluding carboxylic acids is 1. The summed E-state index contributed by atoms with van der Waals surface area (Å²) in [6, 6.07) is 7.84. The van der Waals surface area contributed by atoms with Gasteiger partial charge in [-0.3, -0.25) is 9.78 Å². The van der Waals surface area contributed by atoms with Crippen LogP contribution >= 0.6 is 0 Å². The summed E-state index contributed by atoms with van der Waals surface area (Å²) in [5.74, 6) is 0.337. The van der Waals surface area contributed by atoms with E-state index < -0.39 is 5.82 Å². The van der Waals surface area contributed by atoms with Gasteiger partial charge < -0.3 is 9.64 Å². The van der Waals surface area contributed by atoms with Gasteiger partial charge in [-0.05, 0) is 32.4 Å². The zero-order chi connectivity index (χ0) is 20.4. The van der Waals surface area contributed by atoms with Gasteiger partial charge in [0.1, 0.15) is 11.5 Å². The molecule has 3 aromatic rings. The van der Waals surface area contributed by atoms with Gasteiger partial charge in [0, 0.05) is 37.0 Å². The molecule has 0 aliphatic carbocycles. The number of hydrogen-bond acceptors (Lipinski definition) is 6. The van der Waals surface area contributed by atoms with Gasteiger partial charge >= 0.3 is 0 Å². The Morgan fingerprint density at radius 2 is 1.97 bits per heavy atom. The molecule has 1 aliphatic rings. The lowest BCUT2D eigenvalue weighted by molar-refractivity contribution is 0.0784. The van der Waals surface area contributed by atoms with Crippen molar-refractivity contribution in [2.24, 2.45) is 0 Å². The van der Waals surface area contributed by atoms with Crippen LogP contribution in [0.5, 0.6) is 11.6 Å². The molecule has 4 rings (SSSR count). The Hall–Kier alpha value is -3.42. The molecule has 7 nitrogen and oxygen atoms in total. The number of hydrogen-bond donors (Lipinski definition) is 0. The summed E-state index contributed by atoms with van der Waals surface area (Å²) in [5, 5.41) is 0. The first-order chi connectivity index (χ1) is 14.0. The van der Waals surface area contributed by atoms with Gasteiger partial charge in [-0.15, -0.1) is 0 Å². The fraction of sp³-hybridized carbons (Fsp3) is 0.286. The number of rotatable bonds is 4. The van der Waals surface area contributed by atoms with E-state index in [1.807, 2.05) is 13.8 Å². The first-order valence-corrected chi connectivity index (χ1v) is 9.35. The van der Waals surface area contributed by atoms with E-state index in [0.717, 1.165) is 17.8 Å². The minimum absolute atomic E-state index is 0.0276. The van der Waals surface area contributed by atoms with Crippen LogP contribution in [0.25, 0.3) is 0 Å². The van der Waals surface area contributed by atoms with Crippen molar-refractivity contribution in [3.8, 4) is 11.6 Å². The van der Waals surface area contributed by atoms with Crippen molar-refractivity contribution in [2.45, 2.75) is 26.2 Å². The molecule has 1 saturated heterocycles. The number of ether oxygens (including phenoxy) is 1. The highest BCUT2D eigenvalue weighted by Crippen LogP contribution is 2.29. The van der Waals surface area contributed by atoms with Crippen LogP contribution in [0, 0.1) is 19.7 Å². The van der Waals surface area contributed by atoms with E-state index in [0.29, 0.717) is 24.6 Å². The monoisotopic (exact) mass is 393 g/mol. The summed E-state index contributed by atoms with van der Waals surface area (Å²) in [6.45, 7) is 4.72. The second-order valence-corrected chi connectivity index (χ2v) is 7.02. The third-order valence-electron chi connectivity index (χ3n) is 4.74. The number of amides is 1. The van der Waals surface area contributed by atoms with Crippen LogP contribution in [0.3, 0.4) is 0 Å². The zero-order valence-electron chi connectivity index (χ0n) is 16.2. The Kier molecular flexibility index (Phi) is 5.16. The average Bonchev–Trinajstić information content (AvgIpc) is 3.20. The third kappa shape index (κ3) is 4.21. The Morgan fingerprint density at radius 3 is 2.72 bits per heavy atom. The molecule has 1 atom stereocenters. The van der Waals surface area contributed by atoms with Crippen molar-refractivity contribution in [3.63, 3.8) is 0 Å². The lowest BCUT2D eigenvalue weighted by Gasteiger charge is -2.16. The molecule has 0 radical (unpaired) electrons. The van der Waals surface area contributed by atoms with E-state index >= 15 is 0 Å². The van der Waals surface area contributed by atoms with E-state index in [-0.39, 0.29) is 23.5 Å². The number of nitrogens with zero attached hydrogens (tertiary/aromatic N) is 5. The van der Waals surface area contributed by atoms with Crippen molar-refractivity contribution < 1.29 is 13.9 Å². The van der Waals surface area contributed by atoms with Gasteiger partial charge in [-0.1, -0.05) is 12.1 Å². The molecular formula is C21H20FN5O2. The molecule has 2 aromatic heterocycles. The molecule has 1 amide bonds. The molecule has 148 valence electrons. The fourth-order valence-corrected chi connectivity index (χ4v) is 3.26. The molecule has 3 heterocycles. The van der Waals surface area contributed by atoms with Crippen LogP contribution in [0.15, 0.2) is 42.7 Å². The number of carbonyl (C=O) groups is 1. The largest absolute Gasteiger partial charge is 0.436 e. The van der Waals surface area contributed by atoms with Gasteiger partial charge in [0.2, 0.25) is 5.88 Å². The Balaban J connectivity index is 1.50. The lowest BCUT2D eigenvalue weighted by atomic mass is 10.1. The summed E-state index contributed by atoms with van der Waals surface area (Å²) < 4.78 is 19.5. The third-order valence-corrected chi connectivity index (χ3v) is 4.74. The maximum Gasteiger partial charge on any atom is 0.274 e. The average molecular weight is 393 g/mol. The van der Waals surface area contributed by atoms with Crippen LogP contribution in [0.1, 0.15) is 40.0 Å². The molecule has 0 bridgehead atoms. The minimum Gasteiger partial charge on any atom is -0.436 e. The van der Waals surface area contributed by atoms with E-state index in [1.165, 1.54) is 12.3 Å². The standard InChI is InChI=1S/C21H20FN5O2/c1-13-9-19(29-18-6-4-3-5-16(18)22)26-20(25-13)15-7-8-27(12-15)21(28)17-11-23-14(2)10-24-17/h3-6,9-11,15H,7-8,12H2,1-2H3/t15-/m0/s1. The Morgan fingerprint density at radius 1 is 1.14 bits per heavy atom. The van der Waals surface area contributed by atoms with Gasteiger partial charge in [0.25, 0.3) is 5.91 Å². The van der Waals surface area contributed by atoms with Crippen molar-refractivity contribution in [1.29, 1.82) is 0 Å². The summed E-state index contributed by atoms with van der Waals surface area (Å²) in [6.07, 6.45) is 3.80. The molecule has 0 unspecified atom stereocenters. The van der Waals surface area contributed by atoms with Crippen LogP contribution in [-0.2, 0) is 0 Å². The van der Waals surface area contributed by atoms with Gasteiger partial charge in [0.15, 0.2) is 11.6 Å². The van der Waals surface area contributed by atoms with Crippen molar-refractivity contribution in [1.82, 2.24) is 24.8 Å². The normalized spacial score (nSPS) is 16.1. The zero-order valence-corrected chi connectivity index (χ0v) is 16.2. The summed E-state index contributed by atoms with van der Waals surface area (Å²) in [4.78, 5) is 31.7. The molecule has 0 saturated carbocycles. The van der Waals surface area contributed by atoms with E-state index in [2.05, 4.69) is 19.9 Å². The smallest absolute Gasteiger partial charge is 0.274 e. The molecular weight excluding hydrogens is 373 g/mol. The van der Waals surface area contributed by atoms with Crippen LogP contribution in [0.2, 0.25) is 0 Å². The molecule has 1 aromatic carbocycles. The summed E-state index contributed by atoms with van der Waals surface area (Å²) in [5.41, 5.74) is 1.80. The highest BCUT2D eigenvalue weighted by Gasteiger charge is 2.31. The van der Waals surface area contributed by atoms with E-state index in [9.17, 15) is 9.18 Å². The highest BCUT2D eigenvalue weighted by molar-refractivity contribution is 5.92. The lowest BCUT2D eigenvalue weighted by Crippen LogP contribution is -2.29. The SMILES string of the molecule is Cc1cnc(C(=O)N2CC[C@H](c3nc(C)cc(Oc4ccccc4F)n3)C2)cn1. The molecule has 0 N–H and O–H groups in total. The number of aryl methyl sites for hydroxylation is 2. The quantitative estimate of drug-likeness (QED) is 0.675. The number of halogens is 1. The maximum atomic E-state index is 13.9. The predicted octanol–water partition coefficient (Wildman–Crippen LogP) is 3.44. The van der Waals surface area contributed by atoms with Crippen LogP contribution in [0.4, 0.5) is 4.39 Å². The fourth-order valence-electron chi connectivity index (χ4n) is 3.26. The topological polar surface area (TPSA) is 81.1 Å². The summed E-state index contributed by atoms with van der Waals surface area (Å²) >= 11 is 0. The number of para-hydroxylation sites is 1. The first kappa shape index (κ1) is 18.9. The van der Waals surface area contributed by atoms with Gasteiger partial charge in [0.05, 0.1) is 11.9 Å². The Labute approximate surface area is 167 Å². The molecule has 29 heavy (non-hydrogen) atoms. The van der Waals surface area contributed by atoms with Crippen LogP contribution < -0.4 is 4.74 Å². The second-order valence-electron chi connectivity index (χ2n) is 7.02. The van der Waals surface area contributed by atoms with Crippen molar-refractivity contribution in [2.75, 3.05) is 13.1 Å². The van der Waals surface area contributed by atoms with Gasteiger partial charge in [-0.2, -0.15) is 4.98 Å². The summed E-state index contributed by atoms with van der Waals surface area (Å²) in [7, 11) is 0. The number of aromatic nitrogens is 4. The highest BCUT2D eigenvalue weighted by atomic mass is 19.1. The first-order valence-electron chi connectivity index (χ1n) is 9.35. The number of benzene rings is 1. The Bertz CT molecular complexity index is 1040. The van der Waals surface area contributed by atoms with Crippen molar-refractivity contribution >= 4 is 5.91 Å². The minimum atomic E-state index is -0.456. The second kappa shape index (κ2) is 7.90. The molecule has 1 fully saturated rings. The number of likely N-dealkylation sites (tertiary alicyclic amines) is 1. The van der Waals surface area contributed by atoms with E-state index in [4.69, 9.17) is 4.74 Å². The van der Waals surface area contributed by atoms with Gasteiger partial charge in [-0.25, -0.2) is 14.4 Å². The van der Waals surface area contributed by atoms with E-state index in [1.54, 1.807) is 35.4 Å². The molecule has 1 aliphatic heterocycles. The van der Waals surface area contributed by atoms with Crippen LogP contribution in [-0.4, -0.2) is 43.8 Å². The van der Waals surface area contributed by atoms with Crippen molar-refractivity contribution in [3.05, 3.63) is 71.4 Å². The molecule has 0 spiro atoms. The molecule has 8 heteroatoms. The predicted molar refractivity (Wildman–Crippen MR) is 103 cm³/mol.